The first kappa shape index (κ1) is 21.2. The second kappa shape index (κ2) is 8.99. The van der Waals surface area contributed by atoms with Gasteiger partial charge in [0.1, 0.15) is 11.7 Å². The second-order valence-corrected chi connectivity index (χ2v) is 7.84. The Morgan fingerprint density at radius 3 is 2.69 bits per heavy atom. The van der Waals surface area contributed by atoms with E-state index in [9.17, 15) is 14.9 Å². The molecule has 5 nitrogen and oxygen atoms in total. The molecule has 2 heterocycles. The largest absolute Gasteiger partial charge is 0.298 e. The Hall–Kier alpha value is -4.04. The number of ketones is 1. The number of rotatable bonds is 5. The third-order valence-electron chi connectivity index (χ3n) is 5.87. The number of carbonyl (C=O) groups excluding carboxylic acids is 2. The van der Waals surface area contributed by atoms with Crippen LogP contribution in [0.3, 0.4) is 0 Å². The zero-order valence-electron chi connectivity index (χ0n) is 18.0. The number of fused-ring (bicyclic) bond motifs is 2. The van der Waals surface area contributed by atoms with Crippen LogP contribution in [-0.2, 0) is 4.79 Å². The Kier molecular flexibility index (Phi) is 5.96. The summed E-state index contributed by atoms with van der Waals surface area (Å²) in [5.41, 5.74) is 2.66. The van der Waals surface area contributed by atoms with Crippen molar-refractivity contribution in [3.05, 3.63) is 95.5 Å². The Bertz CT molecular complexity index is 1290. The van der Waals surface area contributed by atoms with Crippen molar-refractivity contribution in [2.45, 2.75) is 26.3 Å². The van der Waals surface area contributed by atoms with E-state index >= 15 is 0 Å². The topological polar surface area (TPSA) is 74.1 Å². The number of hydrogen-bond acceptors (Lipinski definition) is 4. The highest BCUT2D eigenvalue weighted by molar-refractivity contribution is 6.15. The van der Waals surface area contributed by atoms with Gasteiger partial charge in [0.15, 0.2) is 0 Å². The molecule has 2 unspecified atom stereocenters. The quantitative estimate of drug-likeness (QED) is 0.405. The van der Waals surface area contributed by atoms with Crippen LogP contribution in [0.15, 0.2) is 78.6 Å². The lowest BCUT2D eigenvalue weighted by Gasteiger charge is -2.29. The number of carbonyl (C=O) groups is 2. The molecule has 0 spiro atoms. The van der Waals surface area contributed by atoms with Crippen LogP contribution in [-0.4, -0.2) is 21.6 Å². The van der Waals surface area contributed by atoms with Crippen LogP contribution in [0, 0.1) is 17.2 Å². The molecule has 32 heavy (non-hydrogen) atoms. The average Bonchev–Trinajstić information content (AvgIpc) is 2.83. The number of hydrogen-bond donors (Lipinski definition) is 0. The lowest BCUT2D eigenvalue weighted by molar-refractivity contribution is -0.130. The van der Waals surface area contributed by atoms with Crippen LogP contribution in [0.4, 0.5) is 0 Å². The van der Waals surface area contributed by atoms with Crippen molar-refractivity contribution < 1.29 is 9.59 Å². The lowest BCUT2D eigenvalue weighted by Crippen LogP contribution is -2.33. The first-order chi connectivity index (χ1) is 15.5. The molecule has 0 saturated heterocycles. The second-order valence-electron chi connectivity index (χ2n) is 7.84. The molecule has 3 aromatic rings. The van der Waals surface area contributed by atoms with E-state index in [4.69, 9.17) is 0 Å². The number of allylic oxidation sites excluding steroid dienone is 2. The number of aromatic nitrogens is 1. The molecule has 1 amide bonds. The van der Waals surface area contributed by atoms with Crippen molar-refractivity contribution in [1.29, 1.82) is 5.26 Å². The van der Waals surface area contributed by atoms with Gasteiger partial charge in [-0.15, -0.1) is 0 Å². The van der Waals surface area contributed by atoms with Crippen molar-refractivity contribution in [2.75, 3.05) is 0 Å². The van der Waals surface area contributed by atoms with Gasteiger partial charge in [-0.05, 0) is 41.5 Å². The van der Waals surface area contributed by atoms with Gasteiger partial charge in [0.25, 0.3) is 0 Å². The minimum atomic E-state index is -0.680. The molecule has 2 aromatic carbocycles. The Balaban J connectivity index is 1.56. The van der Waals surface area contributed by atoms with Gasteiger partial charge in [0.2, 0.25) is 11.7 Å². The van der Waals surface area contributed by atoms with Crippen LogP contribution >= 0.6 is 0 Å². The summed E-state index contributed by atoms with van der Waals surface area (Å²) in [6, 6.07) is 18.6. The van der Waals surface area contributed by atoms with Crippen molar-refractivity contribution in [3.8, 4) is 6.07 Å². The van der Waals surface area contributed by atoms with E-state index in [0.717, 1.165) is 21.9 Å². The summed E-state index contributed by atoms with van der Waals surface area (Å²) in [5.74, 6) is -0.709. The van der Waals surface area contributed by atoms with Gasteiger partial charge < -0.3 is 0 Å². The predicted octanol–water partition coefficient (Wildman–Crippen LogP) is 5.47. The fourth-order valence-corrected chi connectivity index (χ4v) is 4.22. The average molecular weight is 422 g/mol. The summed E-state index contributed by atoms with van der Waals surface area (Å²) >= 11 is 0. The summed E-state index contributed by atoms with van der Waals surface area (Å²) in [5, 5.41) is 11.5. The Morgan fingerprint density at radius 2 is 1.91 bits per heavy atom. The minimum absolute atomic E-state index is 0.112. The molecule has 5 heteroatoms. The van der Waals surface area contributed by atoms with E-state index in [1.165, 1.54) is 4.90 Å². The van der Waals surface area contributed by atoms with Crippen LogP contribution in [0.25, 0.3) is 16.8 Å². The zero-order valence-corrected chi connectivity index (χ0v) is 18.0. The maximum absolute atomic E-state index is 13.4. The van der Waals surface area contributed by atoms with Crippen LogP contribution in [0.2, 0.25) is 0 Å². The van der Waals surface area contributed by atoms with Crippen LogP contribution < -0.4 is 0 Å². The van der Waals surface area contributed by atoms with E-state index in [2.05, 4.69) is 11.1 Å². The summed E-state index contributed by atoms with van der Waals surface area (Å²) in [7, 11) is 0. The standard InChI is InChI=1S/C27H23N3O2/c1-3-21(27(32)26-23-11-7-5-8-19(23)12-14-29-26)18(2)16-25(31)30-15-13-20-9-4-6-10-22(20)24(30)17-28/h3-15,18,24H,16H2,1-2H3/b21-3+. The number of Topliss-reactive ketones (excluding diaryl/α,β-unsaturated/α-hetero) is 1. The molecular weight excluding hydrogens is 398 g/mol. The van der Waals surface area contributed by atoms with Gasteiger partial charge >= 0.3 is 0 Å². The molecule has 1 aliphatic heterocycles. The Labute approximate surface area is 187 Å². The smallest absolute Gasteiger partial charge is 0.228 e. The van der Waals surface area contributed by atoms with Crippen molar-refractivity contribution in [3.63, 3.8) is 0 Å². The molecule has 0 aliphatic carbocycles. The van der Waals surface area contributed by atoms with Gasteiger partial charge in [0, 0.05) is 29.8 Å². The third kappa shape index (κ3) is 3.83. The molecule has 0 fully saturated rings. The monoisotopic (exact) mass is 421 g/mol. The fourth-order valence-electron chi connectivity index (χ4n) is 4.22. The molecule has 0 radical (unpaired) electrons. The highest BCUT2D eigenvalue weighted by Crippen LogP contribution is 2.32. The molecular formula is C27H23N3O2. The molecule has 2 atom stereocenters. The van der Waals surface area contributed by atoms with Gasteiger partial charge in [0.05, 0.1) is 6.07 Å². The highest BCUT2D eigenvalue weighted by atomic mass is 16.2. The highest BCUT2D eigenvalue weighted by Gasteiger charge is 2.30. The molecule has 0 saturated carbocycles. The SMILES string of the molecule is C/C=C(/C(=O)c1nccc2ccccc12)C(C)CC(=O)N1C=Cc2ccccc2C1C#N. The summed E-state index contributed by atoms with van der Waals surface area (Å²) in [4.78, 5) is 32.3. The van der Waals surface area contributed by atoms with E-state index in [-0.39, 0.29) is 24.0 Å². The van der Waals surface area contributed by atoms with E-state index in [0.29, 0.717) is 11.3 Å². The van der Waals surface area contributed by atoms with E-state index < -0.39 is 6.04 Å². The van der Waals surface area contributed by atoms with Crippen molar-refractivity contribution >= 4 is 28.5 Å². The predicted molar refractivity (Wildman–Crippen MR) is 124 cm³/mol. The summed E-state index contributed by atoms with van der Waals surface area (Å²) < 4.78 is 0. The normalized spacial score (nSPS) is 16.3. The number of pyridine rings is 1. The van der Waals surface area contributed by atoms with E-state index in [1.54, 1.807) is 25.4 Å². The maximum Gasteiger partial charge on any atom is 0.228 e. The van der Waals surface area contributed by atoms with Gasteiger partial charge in [-0.3, -0.25) is 19.5 Å². The third-order valence-corrected chi connectivity index (χ3v) is 5.87. The number of nitriles is 1. The van der Waals surface area contributed by atoms with Crippen molar-refractivity contribution in [2.24, 2.45) is 5.92 Å². The minimum Gasteiger partial charge on any atom is -0.298 e. The van der Waals surface area contributed by atoms with Crippen LogP contribution in [0.1, 0.15) is 47.9 Å². The molecule has 0 bridgehead atoms. The van der Waals surface area contributed by atoms with Gasteiger partial charge in [-0.25, -0.2) is 0 Å². The first-order valence-corrected chi connectivity index (χ1v) is 10.6. The van der Waals surface area contributed by atoms with Crippen molar-refractivity contribution in [1.82, 2.24) is 9.88 Å². The number of amides is 1. The molecule has 1 aromatic heterocycles. The maximum atomic E-state index is 13.4. The van der Waals surface area contributed by atoms with E-state index in [1.807, 2.05) is 67.6 Å². The first-order valence-electron chi connectivity index (χ1n) is 10.6. The molecule has 158 valence electrons. The van der Waals surface area contributed by atoms with Gasteiger partial charge in [-0.1, -0.05) is 61.5 Å². The zero-order chi connectivity index (χ0) is 22.7. The molecule has 0 N–H and O–H groups in total. The Morgan fingerprint density at radius 1 is 1.16 bits per heavy atom. The fraction of sp³-hybridized carbons (Fsp3) is 0.185. The number of benzene rings is 2. The number of nitrogens with zero attached hydrogens (tertiary/aromatic N) is 3. The summed E-state index contributed by atoms with van der Waals surface area (Å²) in [6.45, 7) is 3.66. The van der Waals surface area contributed by atoms with Crippen LogP contribution in [0.5, 0.6) is 0 Å². The molecule has 1 aliphatic rings. The molecule has 4 rings (SSSR count). The van der Waals surface area contributed by atoms with Gasteiger partial charge in [-0.2, -0.15) is 5.26 Å². The summed E-state index contributed by atoms with van der Waals surface area (Å²) in [6.07, 6.45) is 7.00. The lowest BCUT2D eigenvalue weighted by atomic mass is 9.89.